The molecule has 1 amide bonds. The number of amides is 1. The number of carbonyl (C=O) groups is 2. The topological polar surface area (TPSA) is 64.7 Å². The molecule has 6 heteroatoms. The highest BCUT2D eigenvalue weighted by atomic mass is 16.2. The maximum absolute atomic E-state index is 12.6. The highest BCUT2D eigenvalue weighted by Gasteiger charge is 2.18. The zero-order valence-corrected chi connectivity index (χ0v) is 18.4. The van der Waals surface area contributed by atoms with Crippen molar-refractivity contribution in [1.82, 2.24) is 4.90 Å². The maximum atomic E-state index is 12.6. The van der Waals surface area contributed by atoms with Gasteiger partial charge in [-0.1, -0.05) is 6.92 Å². The van der Waals surface area contributed by atoms with Crippen LogP contribution in [0.1, 0.15) is 36.7 Å². The first-order chi connectivity index (χ1) is 14.4. The predicted molar refractivity (Wildman–Crippen MR) is 124 cm³/mol. The van der Waals surface area contributed by atoms with E-state index in [0.29, 0.717) is 11.3 Å². The van der Waals surface area contributed by atoms with Crippen molar-refractivity contribution < 1.29 is 9.59 Å². The van der Waals surface area contributed by atoms with Crippen LogP contribution in [0.5, 0.6) is 0 Å². The number of ketones is 1. The molecule has 0 bridgehead atoms. The molecule has 2 aromatic rings. The summed E-state index contributed by atoms with van der Waals surface area (Å²) in [7, 11) is 0. The third kappa shape index (κ3) is 5.39. The molecule has 0 spiro atoms. The highest BCUT2D eigenvalue weighted by Crippen LogP contribution is 2.24. The van der Waals surface area contributed by atoms with Crippen LogP contribution in [0.4, 0.5) is 17.1 Å². The maximum Gasteiger partial charge on any atom is 0.246 e. The van der Waals surface area contributed by atoms with Crippen LogP contribution >= 0.6 is 0 Å². The molecule has 6 nitrogen and oxygen atoms in total. The van der Waals surface area contributed by atoms with Crippen molar-refractivity contribution in [2.24, 2.45) is 0 Å². The monoisotopic (exact) mass is 408 g/mol. The summed E-state index contributed by atoms with van der Waals surface area (Å²) in [5.41, 5.74) is 4.62. The number of nitrogens with zero attached hydrogens (tertiary/aromatic N) is 2. The second-order valence-corrected chi connectivity index (χ2v) is 7.91. The quantitative estimate of drug-likeness (QED) is 0.683. The molecule has 160 valence electrons. The largest absolute Gasteiger partial charge is 0.374 e. The normalized spacial score (nSPS) is 15.5. The van der Waals surface area contributed by atoms with E-state index < -0.39 is 6.04 Å². The lowest BCUT2D eigenvalue weighted by atomic mass is 10.1. The number of carbonyl (C=O) groups excluding carboxylic acids is 2. The molecule has 1 fully saturated rings. The first-order valence-corrected chi connectivity index (χ1v) is 10.6. The Morgan fingerprint density at radius 3 is 2.27 bits per heavy atom. The van der Waals surface area contributed by atoms with Crippen LogP contribution < -0.4 is 15.5 Å². The van der Waals surface area contributed by atoms with Gasteiger partial charge in [-0.25, -0.2) is 0 Å². The van der Waals surface area contributed by atoms with Crippen molar-refractivity contribution in [2.75, 3.05) is 48.3 Å². The van der Waals surface area contributed by atoms with Crippen molar-refractivity contribution in [3.63, 3.8) is 0 Å². The van der Waals surface area contributed by atoms with E-state index in [4.69, 9.17) is 0 Å². The van der Waals surface area contributed by atoms with E-state index in [9.17, 15) is 9.59 Å². The molecule has 3 rings (SSSR count). The van der Waals surface area contributed by atoms with Gasteiger partial charge < -0.3 is 20.4 Å². The molecule has 0 saturated carbocycles. The predicted octanol–water partition coefficient (Wildman–Crippen LogP) is 3.78. The smallest absolute Gasteiger partial charge is 0.246 e. The summed E-state index contributed by atoms with van der Waals surface area (Å²) in [5.74, 6) is -0.112. The summed E-state index contributed by atoms with van der Waals surface area (Å²) in [4.78, 5) is 28.8. The number of anilines is 3. The van der Waals surface area contributed by atoms with Gasteiger partial charge in [0.25, 0.3) is 0 Å². The summed E-state index contributed by atoms with van der Waals surface area (Å²) in [5, 5.41) is 6.21. The van der Waals surface area contributed by atoms with Gasteiger partial charge in [-0.2, -0.15) is 0 Å². The molecule has 1 aliphatic heterocycles. The Morgan fingerprint density at radius 2 is 1.70 bits per heavy atom. The van der Waals surface area contributed by atoms with E-state index in [1.807, 2.05) is 6.92 Å². The zero-order valence-electron chi connectivity index (χ0n) is 18.4. The molecule has 1 saturated heterocycles. The molecular weight excluding hydrogens is 376 g/mol. The van der Waals surface area contributed by atoms with E-state index in [0.717, 1.165) is 44.0 Å². The number of nitrogens with one attached hydrogen (secondary N) is 2. The van der Waals surface area contributed by atoms with E-state index in [1.165, 1.54) is 12.6 Å². The first kappa shape index (κ1) is 21.8. The summed E-state index contributed by atoms with van der Waals surface area (Å²) in [6.07, 6.45) is 0. The van der Waals surface area contributed by atoms with Gasteiger partial charge in [-0.3, -0.25) is 9.59 Å². The molecule has 0 aromatic heterocycles. The molecule has 30 heavy (non-hydrogen) atoms. The van der Waals surface area contributed by atoms with Gasteiger partial charge in [-0.15, -0.1) is 0 Å². The Kier molecular flexibility index (Phi) is 7.11. The summed E-state index contributed by atoms with van der Waals surface area (Å²) >= 11 is 0. The molecule has 0 radical (unpaired) electrons. The van der Waals surface area contributed by atoms with Crippen LogP contribution in [-0.2, 0) is 4.79 Å². The molecule has 1 heterocycles. The van der Waals surface area contributed by atoms with Crippen LogP contribution in [-0.4, -0.2) is 55.4 Å². The number of rotatable bonds is 7. The Balaban J connectivity index is 1.58. The van der Waals surface area contributed by atoms with Gasteiger partial charge in [0.2, 0.25) is 5.91 Å². The minimum absolute atomic E-state index is 0.00840. The molecule has 0 aliphatic carbocycles. The lowest BCUT2D eigenvalue weighted by molar-refractivity contribution is -0.116. The number of likely N-dealkylation sites (N-methyl/N-ethyl adjacent to an activating group) is 1. The number of benzene rings is 2. The summed E-state index contributed by atoms with van der Waals surface area (Å²) in [6, 6.07) is 12.9. The fourth-order valence-electron chi connectivity index (χ4n) is 3.67. The first-order valence-electron chi connectivity index (χ1n) is 10.6. The van der Waals surface area contributed by atoms with Crippen molar-refractivity contribution in [1.29, 1.82) is 0 Å². The Morgan fingerprint density at radius 1 is 1.03 bits per heavy atom. The van der Waals surface area contributed by atoms with Crippen molar-refractivity contribution in [3.8, 4) is 0 Å². The Bertz CT molecular complexity index is 887. The van der Waals surface area contributed by atoms with E-state index in [-0.39, 0.29) is 11.7 Å². The van der Waals surface area contributed by atoms with Gasteiger partial charge in [0.05, 0.1) is 0 Å². The summed E-state index contributed by atoms with van der Waals surface area (Å²) in [6.45, 7) is 13.0. The van der Waals surface area contributed by atoms with Gasteiger partial charge in [0, 0.05) is 48.8 Å². The average Bonchev–Trinajstić information content (AvgIpc) is 2.75. The minimum Gasteiger partial charge on any atom is -0.374 e. The number of Topliss-reactive ketones (excluding diaryl/α,β-unsaturated/α-hetero) is 1. The van der Waals surface area contributed by atoms with Gasteiger partial charge in [0.1, 0.15) is 6.04 Å². The lowest BCUT2D eigenvalue weighted by Crippen LogP contribution is -2.46. The second-order valence-electron chi connectivity index (χ2n) is 7.91. The molecule has 0 unspecified atom stereocenters. The average molecular weight is 409 g/mol. The number of hydrogen-bond acceptors (Lipinski definition) is 5. The van der Waals surface area contributed by atoms with Gasteiger partial charge in [0.15, 0.2) is 5.78 Å². The summed E-state index contributed by atoms with van der Waals surface area (Å²) < 4.78 is 0. The van der Waals surface area contributed by atoms with E-state index in [1.54, 1.807) is 24.3 Å². The van der Waals surface area contributed by atoms with Crippen LogP contribution in [0.2, 0.25) is 0 Å². The van der Waals surface area contributed by atoms with Crippen LogP contribution in [0.25, 0.3) is 0 Å². The van der Waals surface area contributed by atoms with Crippen LogP contribution in [0.15, 0.2) is 42.5 Å². The molecule has 1 aliphatic rings. The third-order valence-corrected chi connectivity index (χ3v) is 5.72. The molecule has 2 N–H and O–H groups in total. The SMILES string of the molecule is CCN1CCN(c2ccc(N[C@H](C)C(=O)Nc3ccc(C(C)=O)cc3)c(C)c2)CC1. The van der Waals surface area contributed by atoms with Crippen molar-refractivity contribution in [3.05, 3.63) is 53.6 Å². The lowest BCUT2D eigenvalue weighted by Gasteiger charge is -2.35. The molecular formula is C24H32N4O2. The number of aryl methyl sites for hydroxylation is 1. The number of piperazine rings is 1. The van der Waals surface area contributed by atoms with Gasteiger partial charge >= 0.3 is 0 Å². The van der Waals surface area contributed by atoms with Crippen LogP contribution in [0.3, 0.4) is 0 Å². The fourth-order valence-corrected chi connectivity index (χ4v) is 3.67. The van der Waals surface area contributed by atoms with E-state index in [2.05, 4.69) is 52.5 Å². The van der Waals surface area contributed by atoms with Crippen LogP contribution in [0, 0.1) is 6.92 Å². The standard InChI is InChI=1S/C24H32N4O2/c1-5-27-12-14-28(15-13-27)22-10-11-23(17(2)16-22)25-18(3)24(30)26-21-8-6-20(7-9-21)19(4)29/h6-11,16,18,25H,5,12-15H2,1-4H3,(H,26,30)/t18-/m1/s1. The fraction of sp³-hybridized carbons (Fsp3) is 0.417. The highest BCUT2D eigenvalue weighted by molar-refractivity contribution is 5.98. The Hall–Kier alpha value is -2.86. The van der Waals surface area contributed by atoms with E-state index >= 15 is 0 Å². The minimum atomic E-state index is -0.393. The molecule has 2 aromatic carbocycles. The third-order valence-electron chi connectivity index (χ3n) is 5.72. The number of hydrogen-bond donors (Lipinski definition) is 2. The van der Waals surface area contributed by atoms with Gasteiger partial charge in [-0.05, 0) is 75.3 Å². The second kappa shape index (κ2) is 9.76. The van der Waals surface area contributed by atoms with Crippen molar-refractivity contribution >= 4 is 28.8 Å². The zero-order chi connectivity index (χ0) is 21.7. The Labute approximate surface area is 179 Å². The van der Waals surface area contributed by atoms with Crippen molar-refractivity contribution in [2.45, 2.75) is 33.7 Å². The molecule has 1 atom stereocenters.